The van der Waals surface area contributed by atoms with Crippen LogP contribution in [0.5, 0.6) is 0 Å². The average Bonchev–Trinajstić information content (AvgIpc) is 3.06. The smallest absolute Gasteiger partial charge is 0.255 e. The fraction of sp³-hybridized carbons (Fsp3) is 0.375. The molecule has 0 saturated carbocycles. The molecule has 0 aromatic heterocycles. The molecule has 1 atom stereocenters. The predicted molar refractivity (Wildman–Crippen MR) is 142 cm³/mol. The van der Waals surface area contributed by atoms with Crippen LogP contribution in [-0.2, 0) is 19.5 Å². The summed E-state index contributed by atoms with van der Waals surface area (Å²) in [4.78, 5) is 30.8. The molecule has 1 amide bonds. The summed E-state index contributed by atoms with van der Waals surface area (Å²) in [5.74, 6) is 0.989. The first-order valence-corrected chi connectivity index (χ1v) is 13.5. The van der Waals surface area contributed by atoms with Gasteiger partial charge in [-0.05, 0) is 85.5 Å². The number of hydrogen-bond acceptors (Lipinski definition) is 3. The lowest BCUT2D eigenvalue weighted by Gasteiger charge is -2.32. The molecule has 6 rings (SSSR count). The molecule has 3 heterocycles. The summed E-state index contributed by atoms with van der Waals surface area (Å²) in [5.41, 5.74) is 6.59. The quantitative estimate of drug-likeness (QED) is 0.396. The molecule has 36 heavy (non-hydrogen) atoms. The van der Waals surface area contributed by atoms with Gasteiger partial charge >= 0.3 is 0 Å². The number of hydrogen-bond donors (Lipinski definition) is 0. The first-order valence-electron chi connectivity index (χ1n) is 13.5. The monoisotopic (exact) mass is 478 g/mol. The van der Waals surface area contributed by atoms with Crippen LogP contribution >= 0.6 is 0 Å². The first kappa shape index (κ1) is 23.2. The number of rotatable bonds is 6. The molecule has 1 fully saturated rings. The van der Waals surface area contributed by atoms with Gasteiger partial charge in [-0.25, -0.2) is 0 Å². The molecule has 0 spiro atoms. The van der Waals surface area contributed by atoms with Crippen LogP contribution in [0.2, 0.25) is 0 Å². The van der Waals surface area contributed by atoms with E-state index in [1.54, 1.807) is 0 Å². The molecule has 0 N–H and O–H groups in total. The molecular weight excluding hydrogens is 444 g/mol. The van der Waals surface area contributed by atoms with Gasteiger partial charge < -0.3 is 4.90 Å². The summed E-state index contributed by atoms with van der Waals surface area (Å²) in [6.07, 6.45) is 5.79. The number of fused-ring (bicyclic) bond motifs is 4. The molecule has 1 saturated heterocycles. The van der Waals surface area contributed by atoms with Crippen molar-refractivity contribution in [3.8, 4) is 0 Å². The van der Waals surface area contributed by atoms with Crippen molar-refractivity contribution in [2.45, 2.75) is 57.7 Å². The highest BCUT2D eigenvalue weighted by Gasteiger charge is 2.37. The lowest BCUT2D eigenvalue weighted by atomic mass is 9.89. The predicted octanol–water partition coefficient (Wildman–Crippen LogP) is 6.21. The number of nitrogens with zero attached hydrogens (tertiary/aromatic N) is 2. The van der Waals surface area contributed by atoms with Crippen molar-refractivity contribution < 1.29 is 9.59 Å². The Morgan fingerprint density at radius 1 is 0.861 bits per heavy atom. The van der Waals surface area contributed by atoms with Crippen LogP contribution in [0.1, 0.15) is 81.1 Å². The lowest BCUT2D eigenvalue weighted by Crippen LogP contribution is -2.33. The molecule has 1 unspecified atom stereocenters. The molecule has 4 heteroatoms. The van der Waals surface area contributed by atoms with Crippen molar-refractivity contribution in [2.75, 3.05) is 13.1 Å². The van der Waals surface area contributed by atoms with Gasteiger partial charge in [0.2, 0.25) is 0 Å². The van der Waals surface area contributed by atoms with Gasteiger partial charge in [-0.1, -0.05) is 60.7 Å². The number of carbonyl (C=O) groups excluding carboxylic acids is 2. The number of benzene rings is 3. The van der Waals surface area contributed by atoms with E-state index in [9.17, 15) is 9.59 Å². The molecule has 184 valence electrons. The van der Waals surface area contributed by atoms with Crippen LogP contribution in [-0.4, -0.2) is 34.6 Å². The van der Waals surface area contributed by atoms with E-state index in [2.05, 4.69) is 53.4 Å². The second-order valence-electron chi connectivity index (χ2n) is 10.7. The Balaban J connectivity index is 1.05. The Hall–Kier alpha value is -3.24. The molecule has 0 bridgehead atoms. The maximum atomic E-state index is 13.1. The third-order valence-corrected chi connectivity index (χ3v) is 8.48. The summed E-state index contributed by atoms with van der Waals surface area (Å²) in [5, 5.41) is 0. The SMILES string of the molecule is O=C(CCC1CCN(Cc2ccccc2)CC1)c1ccc2c(c1)CN1C(=O)c3ccccc3C1CC2. The van der Waals surface area contributed by atoms with Crippen LogP contribution in [0.4, 0.5) is 0 Å². The number of Topliss-reactive ketones (excluding diaryl/α,β-unsaturated/α-hetero) is 1. The Morgan fingerprint density at radius 2 is 1.64 bits per heavy atom. The summed E-state index contributed by atoms with van der Waals surface area (Å²) in [6, 6.07) is 25.0. The molecule has 3 aliphatic rings. The van der Waals surface area contributed by atoms with Gasteiger partial charge in [0.05, 0.1) is 6.04 Å². The number of carbonyl (C=O) groups is 2. The maximum Gasteiger partial charge on any atom is 0.255 e. The lowest BCUT2D eigenvalue weighted by molar-refractivity contribution is 0.0709. The molecule has 0 aliphatic carbocycles. The normalized spacial score (nSPS) is 19.9. The topological polar surface area (TPSA) is 40.6 Å². The van der Waals surface area contributed by atoms with Crippen LogP contribution in [0.3, 0.4) is 0 Å². The van der Waals surface area contributed by atoms with Crippen LogP contribution < -0.4 is 0 Å². The van der Waals surface area contributed by atoms with Crippen molar-refractivity contribution in [1.29, 1.82) is 0 Å². The van der Waals surface area contributed by atoms with Crippen molar-refractivity contribution >= 4 is 11.7 Å². The second-order valence-corrected chi connectivity index (χ2v) is 10.7. The molecule has 4 nitrogen and oxygen atoms in total. The van der Waals surface area contributed by atoms with Gasteiger partial charge in [-0.15, -0.1) is 0 Å². The Morgan fingerprint density at radius 3 is 2.47 bits per heavy atom. The fourth-order valence-electron chi connectivity index (χ4n) is 6.36. The van der Waals surface area contributed by atoms with Gasteiger partial charge in [0, 0.05) is 30.6 Å². The van der Waals surface area contributed by atoms with Crippen molar-refractivity contribution in [3.05, 3.63) is 106 Å². The minimum atomic E-state index is 0.124. The van der Waals surface area contributed by atoms with E-state index < -0.39 is 0 Å². The zero-order valence-electron chi connectivity index (χ0n) is 20.9. The molecular formula is C32H34N2O2. The van der Waals surface area contributed by atoms with E-state index >= 15 is 0 Å². The van der Waals surface area contributed by atoms with Crippen molar-refractivity contribution in [2.24, 2.45) is 5.92 Å². The zero-order valence-corrected chi connectivity index (χ0v) is 20.9. The van der Waals surface area contributed by atoms with Crippen LogP contribution in [0.15, 0.2) is 72.8 Å². The van der Waals surface area contributed by atoms with Crippen LogP contribution in [0.25, 0.3) is 0 Å². The highest BCUT2D eigenvalue weighted by atomic mass is 16.2. The van der Waals surface area contributed by atoms with E-state index in [1.165, 1.54) is 24.0 Å². The van der Waals surface area contributed by atoms with E-state index in [4.69, 9.17) is 0 Å². The van der Waals surface area contributed by atoms with Crippen molar-refractivity contribution in [3.63, 3.8) is 0 Å². The van der Waals surface area contributed by atoms with Gasteiger partial charge in [0.15, 0.2) is 5.78 Å². The van der Waals surface area contributed by atoms with E-state index in [1.807, 2.05) is 29.2 Å². The van der Waals surface area contributed by atoms with Gasteiger partial charge in [-0.3, -0.25) is 14.5 Å². The number of aryl methyl sites for hydroxylation is 1. The van der Waals surface area contributed by atoms with Gasteiger partial charge in [-0.2, -0.15) is 0 Å². The third kappa shape index (κ3) is 4.62. The number of likely N-dealkylation sites (tertiary alicyclic amines) is 1. The molecule has 3 aliphatic heterocycles. The Bertz CT molecular complexity index is 1260. The zero-order chi connectivity index (χ0) is 24.5. The van der Waals surface area contributed by atoms with E-state index in [0.717, 1.165) is 61.2 Å². The van der Waals surface area contributed by atoms with Crippen LogP contribution in [0, 0.1) is 5.92 Å². The minimum absolute atomic E-state index is 0.124. The number of piperidine rings is 1. The first-order chi connectivity index (χ1) is 17.7. The average molecular weight is 479 g/mol. The fourth-order valence-corrected chi connectivity index (χ4v) is 6.36. The number of amides is 1. The van der Waals surface area contributed by atoms with E-state index in [0.29, 0.717) is 18.9 Å². The largest absolute Gasteiger partial charge is 0.327 e. The molecule has 3 aromatic rings. The highest BCUT2D eigenvalue weighted by Crippen LogP contribution is 2.40. The summed E-state index contributed by atoms with van der Waals surface area (Å²) in [6.45, 7) is 3.83. The second kappa shape index (κ2) is 10.0. The Labute approximate surface area is 213 Å². The summed E-state index contributed by atoms with van der Waals surface area (Å²) in [7, 11) is 0. The highest BCUT2D eigenvalue weighted by molar-refractivity contribution is 5.99. The van der Waals surface area contributed by atoms with Crippen molar-refractivity contribution in [1.82, 2.24) is 9.80 Å². The maximum absolute atomic E-state index is 13.1. The van der Waals surface area contributed by atoms with Gasteiger partial charge in [0.25, 0.3) is 5.91 Å². The Kier molecular flexibility index (Phi) is 6.45. The summed E-state index contributed by atoms with van der Waals surface area (Å²) >= 11 is 0. The molecule has 3 aromatic carbocycles. The standard InChI is InChI=1S/C32H34N2O2/c35-31(15-10-23-16-18-33(19-17-23)21-24-6-2-1-3-7-24)26-12-11-25-13-14-30-28-8-4-5-9-29(28)32(36)34(30)22-27(25)20-26/h1-9,11-12,20,23,30H,10,13-19,21-22H2. The minimum Gasteiger partial charge on any atom is -0.327 e. The van der Waals surface area contributed by atoms with E-state index in [-0.39, 0.29) is 17.7 Å². The molecule has 0 radical (unpaired) electrons. The number of ketones is 1. The third-order valence-electron chi connectivity index (χ3n) is 8.48. The van der Waals surface area contributed by atoms with Gasteiger partial charge in [0.1, 0.15) is 0 Å². The summed E-state index contributed by atoms with van der Waals surface area (Å²) < 4.78 is 0.